The average Bonchev–Trinajstić information content (AvgIpc) is 3.12. The zero-order valence-electron chi connectivity index (χ0n) is 15.1. The Labute approximate surface area is 152 Å². The number of benzene rings is 1. The lowest BCUT2D eigenvalue weighted by atomic mass is 10.1. The molecule has 1 aliphatic rings. The van der Waals surface area contributed by atoms with Crippen LogP contribution in [0.3, 0.4) is 0 Å². The molecule has 3 rings (SSSR count). The number of halogens is 1. The Kier molecular flexibility index (Phi) is 5.46. The van der Waals surface area contributed by atoms with Gasteiger partial charge in [0.1, 0.15) is 17.9 Å². The number of rotatable bonds is 5. The highest BCUT2D eigenvalue weighted by molar-refractivity contribution is 5.97. The fourth-order valence-electron chi connectivity index (χ4n) is 3.06. The van der Waals surface area contributed by atoms with Gasteiger partial charge in [0.2, 0.25) is 0 Å². The van der Waals surface area contributed by atoms with E-state index in [1.165, 1.54) is 30.7 Å². The largest absolute Gasteiger partial charge is 0.453 e. The molecule has 1 atom stereocenters. The maximum Gasteiger partial charge on any atom is 0.258 e. The first-order chi connectivity index (χ1) is 12.5. The molecule has 0 bridgehead atoms. The van der Waals surface area contributed by atoms with Crippen molar-refractivity contribution in [2.24, 2.45) is 0 Å². The smallest absolute Gasteiger partial charge is 0.258 e. The summed E-state index contributed by atoms with van der Waals surface area (Å²) in [5.41, 5.74) is 0.807. The number of carbonyl (C=O) groups excluding carboxylic acids is 1. The van der Waals surface area contributed by atoms with Crippen LogP contribution in [0.2, 0.25) is 0 Å². The molecule has 1 fully saturated rings. The van der Waals surface area contributed by atoms with Crippen molar-refractivity contribution in [1.29, 1.82) is 0 Å². The van der Waals surface area contributed by atoms with Crippen molar-refractivity contribution in [2.45, 2.75) is 39.3 Å². The zero-order valence-corrected chi connectivity index (χ0v) is 15.1. The van der Waals surface area contributed by atoms with E-state index in [1.807, 2.05) is 13.8 Å². The van der Waals surface area contributed by atoms with Gasteiger partial charge in [-0.15, -0.1) is 0 Å². The summed E-state index contributed by atoms with van der Waals surface area (Å²) < 4.78 is 25.2. The molecular formula is C19H22FN3O3. The van der Waals surface area contributed by atoms with Crippen molar-refractivity contribution in [1.82, 2.24) is 14.9 Å². The minimum absolute atomic E-state index is 0.0274. The van der Waals surface area contributed by atoms with E-state index in [2.05, 4.69) is 9.97 Å². The van der Waals surface area contributed by atoms with Gasteiger partial charge in [-0.3, -0.25) is 4.79 Å². The summed E-state index contributed by atoms with van der Waals surface area (Å²) in [5.74, 6) is -0.0695. The highest BCUT2D eigenvalue weighted by Crippen LogP contribution is 2.30. The molecule has 0 unspecified atom stereocenters. The van der Waals surface area contributed by atoms with Crippen LogP contribution in [0.1, 0.15) is 36.3 Å². The Morgan fingerprint density at radius 3 is 2.85 bits per heavy atom. The van der Waals surface area contributed by atoms with Crippen LogP contribution < -0.4 is 4.74 Å². The molecule has 0 N–H and O–H groups in total. The Morgan fingerprint density at radius 2 is 2.19 bits per heavy atom. The van der Waals surface area contributed by atoms with E-state index in [9.17, 15) is 9.18 Å². The van der Waals surface area contributed by atoms with Gasteiger partial charge in [-0.25, -0.2) is 14.4 Å². The zero-order chi connectivity index (χ0) is 18.7. The van der Waals surface area contributed by atoms with E-state index >= 15 is 0 Å². The summed E-state index contributed by atoms with van der Waals surface area (Å²) in [4.78, 5) is 23.0. The summed E-state index contributed by atoms with van der Waals surface area (Å²) in [7, 11) is 0. The van der Waals surface area contributed by atoms with Crippen LogP contribution in [0.4, 0.5) is 4.39 Å². The van der Waals surface area contributed by atoms with Crippen LogP contribution in [0.5, 0.6) is 11.5 Å². The molecule has 2 aromatic rings. The van der Waals surface area contributed by atoms with Crippen molar-refractivity contribution >= 4 is 5.91 Å². The van der Waals surface area contributed by atoms with E-state index in [4.69, 9.17) is 9.47 Å². The Balaban J connectivity index is 1.96. The van der Waals surface area contributed by atoms with Gasteiger partial charge in [-0.05, 0) is 45.4 Å². The lowest BCUT2D eigenvalue weighted by molar-refractivity contribution is 0.0578. The number of amides is 1. The summed E-state index contributed by atoms with van der Waals surface area (Å²) in [6, 6.07) is 3.86. The van der Waals surface area contributed by atoms with Crippen LogP contribution in [-0.4, -0.2) is 46.1 Å². The summed E-state index contributed by atoms with van der Waals surface area (Å²) in [5, 5.41) is 0. The molecule has 6 nitrogen and oxygen atoms in total. The summed E-state index contributed by atoms with van der Waals surface area (Å²) in [6.07, 6.45) is 3.70. The third-order valence-electron chi connectivity index (χ3n) is 4.35. The number of hydrogen-bond donors (Lipinski definition) is 0. The van der Waals surface area contributed by atoms with Crippen molar-refractivity contribution in [2.75, 3.05) is 13.2 Å². The van der Waals surface area contributed by atoms with Gasteiger partial charge in [0.05, 0.1) is 30.1 Å². The Hall–Kier alpha value is -2.54. The molecule has 0 aliphatic carbocycles. The van der Waals surface area contributed by atoms with E-state index < -0.39 is 5.82 Å². The second kappa shape index (κ2) is 7.78. The molecule has 1 amide bonds. The minimum Gasteiger partial charge on any atom is -0.453 e. The fraction of sp³-hybridized carbons (Fsp3) is 0.421. The first-order valence-corrected chi connectivity index (χ1v) is 8.61. The molecule has 0 saturated carbocycles. The molecule has 0 spiro atoms. The quantitative estimate of drug-likeness (QED) is 0.819. The number of hydrogen-bond acceptors (Lipinski definition) is 5. The van der Waals surface area contributed by atoms with Gasteiger partial charge in [-0.2, -0.15) is 0 Å². The highest BCUT2D eigenvalue weighted by atomic mass is 19.1. The number of aromatic nitrogens is 2. The standard InChI is InChI=1S/C19H22FN3O3/c1-12(2)23(15-6-7-25-10-15)19(24)16-8-14(20)4-5-17(16)26-18-9-21-11-22-13(18)3/h4-5,8-9,11-12,15H,6-7,10H2,1-3H3/t15-/m1/s1. The fourth-order valence-corrected chi connectivity index (χ4v) is 3.06. The monoisotopic (exact) mass is 359 g/mol. The maximum atomic E-state index is 13.9. The second-order valence-corrected chi connectivity index (χ2v) is 6.54. The van der Waals surface area contributed by atoms with E-state index in [-0.39, 0.29) is 29.3 Å². The van der Waals surface area contributed by atoms with Crippen molar-refractivity contribution in [3.8, 4) is 11.5 Å². The van der Waals surface area contributed by atoms with Crippen molar-refractivity contribution in [3.05, 3.63) is 47.8 Å². The van der Waals surface area contributed by atoms with Crippen LogP contribution in [0, 0.1) is 12.7 Å². The topological polar surface area (TPSA) is 64.6 Å². The Morgan fingerprint density at radius 1 is 1.38 bits per heavy atom. The lowest BCUT2D eigenvalue weighted by Gasteiger charge is -2.32. The van der Waals surface area contributed by atoms with Crippen molar-refractivity contribution < 1.29 is 18.7 Å². The predicted molar refractivity (Wildman–Crippen MR) is 93.8 cm³/mol. The SMILES string of the molecule is Cc1ncncc1Oc1ccc(F)cc1C(=O)N(C(C)C)[C@@H]1CCOC1. The Bertz CT molecular complexity index is 791. The van der Waals surface area contributed by atoms with E-state index in [0.717, 1.165) is 6.42 Å². The number of aryl methyl sites for hydroxylation is 1. The van der Waals surface area contributed by atoms with Gasteiger partial charge in [0, 0.05) is 12.6 Å². The molecule has 26 heavy (non-hydrogen) atoms. The van der Waals surface area contributed by atoms with Crippen LogP contribution in [0.15, 0.2) is 30.7 Å². The van der Waals surface area contributed by atoms with Crippen LogP contribution >= 0.6 is 0 Å². The molecule has 1 aromatic carbocycles. The first kappa shape index (κ1) is 18.3. The third-order valence-corrected chi connectivity index (χ3v) is 4.35. The average molecular weight is 359 g/mol. The molecule has 0 radical (unpaired) electrons. The highest BCUT2D eigenvalue weighted by Gasteiger charge is 2.32. The van der Waals surface area contributed by atoms with Crippen LogP contribution in [-0.2, 0) is 4.74 Å². The normalized spacial score (nSPS) is 16.7. The summed E-state index contributed by atoms with van der Waals surface area (Å²) >= 11 is 0. The first-order valence-electron chi connectivity index (χ1n) is 8.61. The van der Waals surface area contributed by atoms with Gasteiger partial charge in [0.25, 0.3) is 5.91 Å². The van der Waals surface area contributed by atoms with E-state index in [1.54, 1.807) is 11.8 Å². The van der Waals surface area contributed by atoms with E-state index in [0.29, 0.717) is 24.7 Å². The number of carbonyl (C=O) groups is 1. The second-order valence-electron chi connectivity index (χ2n) is 6.54. The lowest BCUT2D eigenvalue weighted by Crippen LogP contribution is -2.45. The molecule has 1 aliphatic heterocycles. The molecule has 1 aromatic heterocycles. The molecule has 138 valence electrons. The van der Waals surface area contributed by atoms with Gasteiger partial charge in [0.15, 0.2) is 5.75 Å². The van der Waals surface area contributed by atoms with Crippen LogP contribution in [0.25, 0.3) is 0 Å². The summed E-state index contributed by atoms with van der Waals surface area (Å²) in [6.45, 7) is 6.75. The van der Waals surface area contributed by atoms with Gasteiger partial charge in [-0.1, -0.05) is 0 Å². The number of ether oxygens (including phenoxy) is 2. The predicted octanol–water partition coefficient (Wildman–Crippen LogP) is 3.36. The third kappa shape index (κ3) is 3.83. The minimum atomic E-state index is -0.492. The van der Waals surface area contributed by atoms with Gasteiger partial charge < -0.3 is 14.4 Å². The molecular weight excluding hydrogens is 337 g/mol. The molecule has 1 saturated heterocycles. The molecule has 2 heterocycles. The van der Waals surface area contributed by atoms with Crippen molar-refractivity contribution in [3.63, 3.8) is 0 Å². The molecule has 7 heteroatoms. The maximum absolute atomic E-state index is 13.9. The van der Waals surface area contributed by atoms with Gasteiger partial charge >= 0.3 is 0 Å². The number of nitrogens with zero attached hydrogens (tertiary/aromatic N) is 3.